The van der Waals surface area contributed by atoms with Crippen LogP contribution in [-0.4, -0.2) is 73.4 Å². The number of aromatic nitrogens is 2. The van der Waals surface area contributed by atoms with Crippen LogP contribution in [0.25, 0.3) is 0 Å². The molecule has 0 spiro atoms. The van der Waals surface area contributed by atoms with E-state index in [1.54, 1.807) is 7.11 Å². The van der Waals surface area contributed by atoms with Gasteiger partial charge < -0.3 is 24.8 Å². The van der Waals surface area contributed by atoms with E-state index in [0.717, 1.165) is 44.7 Å². The molecule has 1 aromatic rings. The van der Waals surface area contributed by atoms with Crippen LogP contribution in [0.2, 0.25) is 0 Å². The molecular weight excluding hydrogens is 270 g/mol. The summed E-state index contributed by atoms with van der Waals surface area (Å²) in [5.74, 6) is 1.28. The fraction of sp³-hybridized carbons (Fsp3) is 0.857. The van der Waals surface area contributed by atoms with Gasteiger partial charge in [0.2, 0.25) is 5.89 Å². The average Bonchev–Trinajstić information content (AvgIpc) is 2.92. The van der Waals surface area contributed by atoms with E-state index in [4.69, 9.17) is 15.0 Å². The molecule has 120 valence electrons. The molecule has 0 aromatic carbocycles. The van der Waals surface area contributed by atoms with Crippen molar-refractivity contribution in [3.63, 3.8) is 0 Å². The maximum Gasteiger partial charge on any atom is 0.243 e. The molecule has 1 aliphatic heterocycles. The summed E-state index contributed by atoms with van der Waals surface area (Å²) in [6.45, 7) is 3.91. The first-order chi connectivity index (χ1) is 10.1. The van der Waals surface area contributed by atoms with E-state index >= 15 is 0 Å². The zero-order valence-corrected chi connectivity index (χ0v) is 13.3. The Morgan fingerprint density at radius 3 is 3.00 bits per heavy atom. The predicted molar refractivity (Wildman–Crippen MR) is 80.0 cm³/mol. The Morgan fingerprint density at radius 2 is 2.24 bits per heavy atom. The number of nitrogens with two attached hydrogens (primary N) is 1. The van der Waals surface area contributed by atoms with Gasteiger partial charge in [0.25, 0.3) is 0 Å². The highest BCUT2D eigenvalue weighted by Gasteiger charge is 2.24. The first-order valence-electron chi connectivity index (χ1n) is 7.56. The molecule has 21 heavy (non-hydrogen) atoms. The normalized spacial score (nSPS) is 22.6. The van der Waals surface area contributed by atoms with Crippen LogP contribution in [0.3, 0.4) is 0 Å². The second kappa shape index (κ2) is 7.84. The number of rotatable bonds is 7. The highest BCUT2D eigenvalue weighted by atomic mass is 16.5. The minimum Gasteiger partial charge on any atom is -0.385 e. The summed E-state index contributed by atoms with van der Waals surface area (Å²) >= 11 is 0. The molecule has 7 heteroatoms. The van der Waals surface area contributed by atoms with E-state index < -0.39 is 0 Å². The van der Waals surface area contributed by atoms with Crippen LogP contribution in [0.15, 0.2) is 4.52 Å². The first kappa shape index (κ1) is 16.4. The highest BCUT2D eigenvalue weighted by molar-refractivity contribution is 4.95. The van der Waals surface area contributed by atoms with Crippen LogP contribution in [0.4, 0.5) is 0 Å². The molecule has 2 atom stereocenters. The maximum atomic E-state index is 6.06. The van der Waals surface area contributed by atoms with Gasteiger partial charge in [-0.05, 0) is 26.9 Å². The van der Waals surface area contributed by atoms with Crippen LogP contribution < -0.4 is 5.73 Å². The highest BCUT2D eigenvalue weighted by Crippen LogP contribution is 2.16. The Kier molecular flexibility index (Phi) is 6.10. The van der Waals surface area contributed by atoms with Crippen LogP contribution >= 0.6 is 0 Å². The molecule has 7 nitrogen and oxygen atoms in total. The third-order valence-electron chi connectivity index (χ3n) is 4.06. The molecule has 0 aliphatic carbocycles. The number of likely N-dealkylation sites (N-methyl/N-ethyl adjacent to an activating group) is 2. The predicted octanol–water partition coefficient (Wildman–Crippen LogP) is 0.284. The summed E-state index contributed by atoms with van der Waals surface area (Å²) in [5.41, 5.74) is 6.06. The topological polar surface area (TPSA) is 80.7 Å². The SMILES string of the molecule is COCCCC(N)c1nc(CC2CN(C)CCN2C)no1. The Balaban J connectivity index is 1.87. The smallest absolute Gasteiger partial charge is 0.243 e. The molecule has 1 aliphatic rings. The first-order valence-corrected chi connectivity index (χ1v) is 7.56. The van der Waals surface area contributed by atoms with Crippen molar-refractivity contribution in [3.05, 3.63) is 11.7 Å². The third kappa shape index (κ3) is 4.74. The Morgan fingerprint density at radius 1 is 1.43 bits per heavy atom. The average molecular weight is 297 g/mol. The summed E-state index contributed by atoms with van der Waals surface area (Å²) in [6, 6.07) is 0.229. The van der Waals surface area contributed by atoms with Gasteiger partial charge >= 0.3 is 0 Å². The van der Waals surface area contributed by atoms with Crippen molar-refractivity contribution in [2.45, 2.75) is 31.3 Å². The summed E-state index contributed by atoms with van der Waals surface area (Å²) in [5, 5.41) is 4.08. The van der Waals surface area contributed by atoms with Gasteiger partial charge in [0.05, 0.1) is 6.04 Å². The summed E-state index contributed by atoms with van der Waals surface area (Å²) in [6.07, 6.45) is 2.49. The second-order valence-electron chi connectivity index (χ2n) is 5.89. The Bertz CT molecular complexity index is 425. The van der Waals surface area contributed by atoms with Crippen molar-refractivity contribution in [2.75, 3.05) is 47.4 Å². The van der Waals surface area contributed by atoms with E-state index in [1.807, 2.05) is 0 Å². The molecule has 2 unspecified atom stereocenters. The van der Waals surface area contributed by atoms with Crippen molar-refractivity contribution >= 4 is 0 Å². The monoisotopic (exact) mass is 297 g/mol. The van der Waals surface area contributed by atoms with E-state index in [-0.39, 0.29) is 6.04 Å². The molecule has 0 radical (unpaired) electrons. The van der Waals surface area contributed by atoms with Crippen LogP contribution in [0.1, 0.15) is 30.6 Å². The largest absolute Gasteiger partial charge is 0.385 e. The minimum atomic E-state index is -0.201. The lowest BCUT2D eigenvalue weighted by molar-refractivity contribution is 0.113. The molecule has 0 amide bonds. The number of piperazine rings is 1. The molecule has 2 N–H and O–H groups in total. The van der Waals surface area contributed by atoms with Gasteiger partial charge in [-0.25, -0.2) is 0 Å². The van der Waals surface area contributed by atoms with Gasteiger partial charge in [-0.15, -0.1) is 0 Å². The zero-order chi connectivity index (χ0) is 15.2. The van der Waals surface area contributed by atoms with Crippen LogP contribution in [-0.2, 0) is 11.2 Å². The van der Waals surface area contributed by atoms with E-state index in [9.17, 15) is 0 Å². The van der Waals surface area contributed by atoms with Crippen molar-refractivity contribution in [1.29, 1.82) is 0 Å². The lowest BCUT2D eigenvalue weighted by Gasteiger charge is -2.37. The number of ether oxygens (including phenoxy) is 1. The van der Waals surface area contributed by atoms with Gasteiger partial charge in [-0.3, -0.25) is 0 Å². The van der Waals surface area contributed by atoms with E-state index in [0.29, 0.717) is 18.5 Å². The number of methoxy groups -OCH3 is 1. The van der Waals surface area contributed by atoms with Crippen molar-refractivity contribution in [2.24, 2.45) is 5.73 Å². The van der Waals surface area contributed by atoms with Gasteiger partial charge in [-0.1, -0.05) is 5.16 Å². The van der Waals surface area contributed by atoms with Gasteiger partial charge in [-0.2, -0.15) is 4.98 Å². The lowest BCUT2D eigenvalue weighted by atomic mass is 10.1. The van der Waals surface area contributed by atoms with Crippen LogP contribution in [0, 0.1) is 0 Å². The number of hydrogen-bond donors (Lipinski definition) is 1. The fourth-order valence-corrected chi connectivity index (χ4v) is 2.60. The summed E-state index contributed by atoms with van der Waals surface area (Å²) in [7, 11) is 5.98. The standard InChI is InChI=1S/C14H27N5O2/c1-18-6-7-19(2)11(10-18)9-13-16-14(21-17-13)12(15)5-4-8-20-3/h11-12H,4-10,15H2,1-3H3. The molecule has 2 rings (SSSR count). The Labute approximate surface area is 126 Å². The lowest BCUT2D eigenvalue weighted by Crippen LogP contribution is -2.50. The molecule has 2 heterocycles. The molecule has 0 bridgehead atoms. The van der Waals surface area contributed by atoms with Gasteiger partial charge in [0.15, 0.2) is 5.82 Å². The summed E-state index contributed by atoms with van der Waals surface area (Å²) < 4.78 is 10.3. The van der Waals surface area contributed by atoms with E-state index in [1.165, 1.54) is 0 Å². The minimum absolute atomic E-state index is 0.201. The van der Waals surface area contributed by atoms with Gasteiger partial charge in [0, 0.05) is 45.8 Å². The molecular formula is C14H27N5O2. The maximum absolute atomic E-state index is 6.06. The fourth-order valence-electron chi connectivity index (χ4n) is 2.60. The molecule has 1 saturated heterocycles. The molecule has 1 aromatic heterocycles. The second-order valence-corrected chi connectivity index (χ2v) is 5.89. The summed E-state index contributed by atoms with van der Waals surface area (Å²) in [4.78, 5) is 9.14. The van der Waals surface area contributed by atoms with Crippen LogP contribution in [0.5, 0.6) is 0 Å². The van der Waals surface area contributed by atoms with E-state index in [2.05, 4.69) is 34.0 Å². The van der Waals surface area contributed by atoms with Crippen molar-refractivity contribution in [1.82, 2.24) is 19.9 Å². The molecule has 1 fully saturated rings. The zero-order valence-electron chi connectivity index (χ0n) is 13.3. The number of hydrogen-bond acceptors (Lipinski definition) is 7. The number of nitrogens with zero attached hydrogens (tertiary/aromatic N) is 4. The Hall–Kier alpha value is -1.02. The van der Waals surface area contributed by atoms with Crippen molar-refractivity contribution < 1.29 is 9.26 Å². The third-order valence-corrected chi connectivity index (χ3v) is 4.06. The quantitative estimate of drug-likeness (QED) is 0.724. The van der Waals surface area contributed by atoms with Gasteiger partial charge in [0.1, 0.15) is 0 Å². The van der Waals surface area contributed by atoms with Crippen molar-refractivity contribution in [3.8, 4) is 0 Å². The molecule has 0 saturated carbocycles.